The summed E-state index contributed by atoms with van der Waals surface area (Å²) in [6, 6.07) is 0. The molecular weight excluding hydrogens is 172 g/mol. The van der Waals surface area contributed by atoms with Gasteiger partial charge in [-0.05, 0) is 19.4 Å². The van der Waals surface area contributed by atoms with E-state index < -0.39 is 5.97 Å². The van der Waals surface area contributed by atoms with Crippen LogP contribution in [0.25, 0.3) is 0 Å². The summed E-state index contributed by atoms with van der Waals surface area (Å²) in [6.07, 6.45) is 0. The molecule has 0 aliphatic carbocycles. The molecule has 0 rings (SSSR count). The molecule has 68 valence electrons. The van der Waals surface area contributed by atoms with E-state index in [9.17, 15) is 9.59 Å². The van der Waals surface area contributed by atoms with Gasteiger partial charge in [0.15, 0.2) is 0 Å². The van der Waals surface area contributed by atoms with Crippen LogP contribution in [0.2, 0.25) is 0 Å². The van der Waals surface area contributed by atoms with E-state index in [4.69, 9.17) is 5.11 Å². The predicted molar refractivity (Wildman–Crippen MR) is 52.2 cm³/mol. The van der Waals surface area contributed by atoms with E-state index in [-0.39, 0.29) is 11.0 Å². The molecule has 0 aliphatic rings. The molecule has 12 heavy (non-hydrogen) atoms. The van der Waals surface area contributed by atoms with Crippen molar-refractivity contribution >= 4 is 21.6 Å². The van der Waals surface area contributed by atoms with Gasteiger partial charge in [-0.15, -0.1) is 0 Å². The van der Waals surface area contributed by atoms with Crippen molar-refractivity contribution in [1.82, 2.24) is 0 Å². The molecule has 0 aliphatic heterocycles. The maximum Gasteiger partial charge on any atom is 0.330 e. The lowest BCUT2D eigenvalue weighted by Gasteiger charge is -1.81. The van der Waals surface area contributed by atoms with Crippen molar-refractivity contribution < 1.29 is 14.7 Å². The molecule has 0 aromatic carbocycles. The lowest BCUT2D eigenvalue weighted by molar-refractivity contribution is -0.132. The minimum absolute atomic E-state index is 0.176. The number of carboxylic acids is 1. The van der Waals surface area contributed by atoms with Crippen LogP contribution in [0, 0.1) is 0 Å². The second-order valence-corrected chi connectivity index (χ2v) is 3.33. The Morgan fingerprint density at radius 3 is 1.33 bits per heavy atom. The molecule has 0 unspecified atom stereocenters. The fraction of sp³-hybridized carbons (Fsp3) is 0.250. The molecule has 4 heteroatoms. The number of hydrogen-bond donors (Lipinski definition) is 1. The molecule has 0 aromatic heterocycles. The summed E-state index contributed by atoms with van der Waals surface area (Å²) in [7, 11) is 0.615. The van der Waals surface area contributed by atoms with E-state index in [2.05, 4.69) is 13.2 Å². The molecule has 0 heterocycles. The minimum atomic E-state index is -0.935. The lowest BCUT2D eigenvalue weighted by atomic mass is 10.4. The number of allylic oxidation sites excluding steroid dienone is 1. The first-order chi connectivity index (χ1) is 5.29. The zero-order chi connectivity index (χ0) is 10.3. The van der Waals surface area contributed by atoms with Gasteiger partial charge in [0, 0.05) is 5.57 Å². The van der Waals surface area contributed by atoms with Crippen molar-refractivity contribution in [2.75, 3.05) is 0 Å². The highest BCUT2D eigenvalue weighted by Crippen LogP contribution is 1.81. The average molecular weight is 186 g/mol. The third-order valence-electron chi connectivity index (χ3n) is 0.966. The first-order valence-electron chi connectivity index (χ1n) is 3.34. The van der Waals surface area contributed by atoms with Gasteiger partial charge in [-0.25, -0.2) is 4.79 Å². The molecule has 0 radical (unpaired) electrons. The second-order valence-electron chi connectivity index (χ2n) is 2.42. The van der Waals surface area contributed by atoms with Crippen molar-refractivity contribution in [3.8, 4) is 0 Å². The molecular formula is C8H14O3Si. The van der Waals surface area contributed by atoms with Crippen molar-refractivity contribution in [2.24, 2.45) is 0 Å². The monoisotopic (exact) mass is 186 g/mol. The van der Waals surface area contributed by atoms with Gasteiger partial charge in [-0.1, -0.05) is 13.2 Å². The van der Waals surface area contributed by atoms with E-state index in [1.54, 1.807) is 6.92 Å². The smallest absolute Gasteiger partial charge is 0.330 e. The van der Waals surface area contributed by atoms with Crippen molar-refractivity contribution in [3.05, 3.63) is 24.3 Å². The Morgan fingerprint density at radius 1 is 1.17 bits per heavy atom. The summed E-state index contributed by atoms with van der Waals surface area (Å²) in [5.74, 6) is -0.935. The molecule has 0 amide bonds. The molecule has 0 saturated carbocycles. The van der Waals surface area contributed by atoms with E-state index in [1.165, 1.54) is 6.92 Å². The number of aliphatic carboxylic acids is 1. The van der Waals surface area contributed by atoms with Gasteiger partial charge < -0.3 is 9.90 Å². The van der Waals surface area contributed by atoms with Gasteiger partial charge in [0.2, 0.25) is 0 Å². The Morgan fingerprint density at radius 2 is 1.33 bits per heavy atom. The van der Waals surface area contributed by atoms with Crippen LogP contribution in [0.3, 0.4) is 0 Å². The van der Waals surface area contributed by atoms with Crippen LogP contribution in [0.15, 0.2) is 24.3 Å². The molecule has 0 fully saturated rings. The van der Waals surface area contributed by atoms with E-state index in [0.717, 1.165) is 0 Å². The third-order valence-corrected chi connectivity index (χ3v) is 1.82. The molecule has 1 N–H and O–H groups in total. The summed E-state index contributed by atoms with van der Waals surface area (Å²) in [5, 5.41) is 8.09. The summed E-state index contributed by atoms with van der Waals surface area (Å²) in [6.45, 7) is 9.77. The Kier molecular flexibility index (Phi) is 7.32. The summed E-state index contributed by atoms with van der Waals surface area (Å²) >= 11 is 0. The zero-order valence-electron chi connectivity index (χ0n) is 7.68. The first kappa shape index (κ1) is 13.4. The van der Waals surface area contributed by atoms with Crippen LogP contribution in [-0.2, 0) is 9.59 Å². The Labute approximate surface area is 75.2 Å². The van der Waals surface area contributed by atoms with Crippen LogP contribution >= 0.6 is 0 Å². The summed E-state index contributed by atoms with van der Waals surface area (Å²) in [5.41, 5.74) is 0.858. The lowest BCUT2D eigenvalue weighted by Crippen LogP contribution is -1.93. The van der Waals surface area contributed by atoms with Crippen LogP contribution in [0.4, 0.5) is 0 Å². The van der Waals surface area contributed by atoms with E-state index in [0.29, 0.717) is 15.8 Å². The van der Waals surface area contributed by atoms with Crippen LogP contribution in [0.1, 0.15) is 13.8 Å². The average Bonchev–Trinajstić information content (AvgIpc) is 1.88. The number of carbonyl (C=O) groups is 2. The van der Waals surface area contributed by atoms with Crippen LogP contribution in [-0.4, -0.2) is 26.7 Å². The van der Waals surface area contributed by atoms with Crippen molar-refractivity contribution in [3.63, 3.8) is 0 Å². The SMILES string of the molecule is C=C(C)C(=O)O.C=C(C)C(=O)[SiH3]. The largest absolute Gasteiger partial charge is 0.478 e. The maximum absolute atomic E-state index is 10.1. The number of hydrogen-bond acceptors (Lipinski definition) is 2. The summed E-state index contributed by atoms with van der Waals surface area (Å²) in [4.78, 5) is 19.7. The van der Waals surface area contributed by atoms with Gasteiger partial charge in [-0.3, -0.25) is 0 Å². The Hall–Kier alpha value is -1.16. The fourth-order valence-corrected chi connectivity index (χ4v) is 0. The summed E-state index contributed by atoms with van der Waals surface area (Å²) < 4.78 is 0. The normalized spacial score (nSPS) is 7.83. The predicted octanol–water partition coefficient (Wildman–Crippen LogP) is 0.102. The van der Waals surface area contributed by atoms with Gasteiger partial charge >= 0.3 is 5.97 Å². The van der Waals surface area contributed by atoms with E-state index >= 15 is 0 Å². The van der Waals surface area contributed by atoms with Crippen LogP contribution in [0.5, 0.6) is 0 Å². The van der Waals surface area contributed by atoms with Crippen LogP contribution < -0.4 is 0 Å². The van der Waals surface area contributed by atoms with Gasteiger partial charge in [0.25, 0.3) is 0 Å². The highest BCUT2D eigenvalue weighted by Gasteiger charge is 1.90. The second kappa shape index (κ2) is 6.54. The highest BCUT2D eigenvalue weighted by atomic mass is 28.1. The Balaban J connectivity index is 0. The number of carboxylic acid groups (broad SMARTS) is 1. The maximum atomic E-state index is 10.1. The zero-order valence-corrected chi connectivity index (χ0v) is 9.68. The molecule has 0 spiro atoms. The molecule has 0 saturated heterocycles. The molecule has 0 atom stereocenters. The fourth-order valence-electron chi connectivity index (χ4n) is 0. The van der Waals surface area contributed by atoms with Gasteiger partial charge in [-0.2, -0.15) is 0 Å². The first-order valence-corrected chi connectivity index (χ1v) is 4.34. The van der Waals surface area contributed by atoms with E-state index in [1.807, 2.05) is 0 Å². The molecule has 0 aromatic rings. The third kappa shape index (κ3) is 11.6. The number of rotatable bonds is 2. The topological polar surface area (TPSA) is 54.4 Å². The number of carbonyl (C=O) groups excluding carboxylic acids is 1. The quantitative estimate of drug-likeness (QED) is 0.491. The van der Waals surface area contributed by atoms with Gasteiger partial charge in [0.1, 0.15) is 5.41 Å². The standard InChI is InChI=1S/C4H6O2.C4H8OSi/c2*1-3(2)4(5)6/h1H2,2H3,(H,5,6);1H2,2,6H3. The molecule has 0 bridgehead atoms. The minimum Gasteiger partial charge on any atom is -0.478 e. The molecule has 3 nitrogen and oxygen atoms in total. The van der Waals surface area contributed by atoms with Crippen molar-refractivity contribution in [1.29, 1.82) is 0 Å². The highest BCUT2D eigenvalue weighted by molar-refractivity contribution is 6.62. The van der Waals surface area contributed by atoms with Gasteiger partial charge in [0.05, 0.1) is 10.2 Å². The Bertz CT molecular complexity index is 170. The van der Waals surface area contributed by atoms with Crippen molar-refractivity contribution in [2.45, 2.75) is 13.8 Å².